The molecule has 0 saturated heterocycles. The summed E-state index contributed by atoms with van der Waals surface area (Å²) in [6, 6.07) is 16.6. The molecule has 3 aromatic rings. The van der Waals surface area contributed by atoms with E-state index in [0.717, 1.165) is 0 Å². The molecule has 5 nitrogen and oxygen atoms in total. The number of ether oxygens (including phenoxy) is 1. The molecule has 1 N–H and O–H groups in total. The number of nitriles is 1. The van der Waals surface area contributed by atoms with Gasteiger partial charge in [-0.3, -0.25) is 4.79 Å². The smallest absolute Gasteiger partial charge is 0.343 e. The lowest BCUT2D eigenvalue weighted by molar-refractivity contribution is 0.0735. The van der Waals surface area contributed by atoms with E-state index in [-0.39, 0.29) is 5.56 Å². The number of esters is 1. The number of carbonyl (C=O) groups is 1. The lowest BCUT2D eigenvalue weighted by atomic mass is 10.0. The predicted molar refractivity (Wildman–Crippen MR) is 98.4 cm³/mol. The number of pyridine rings is 1. The topological polar surface area (TPSA) is 82.9 Å². The van der Waals surface area contributed by atoms with Crippen LogP contribution in [0.2, 0.25) is 5.02 Å². The lowest BCUT2D eigenvalue weighted by Gasteiger charge is -2.08. The normalized spacial score (nSPS) is 10.2. The summed E-state index contributed by atoms with van der Waals surface area (Å²) in [7, 11) is 0. The number of rotatable bonds is 3. The lowest BCUT2D eigenvalue weighted by Crippen LogP contribution is -2.12. The van der Waals surface area contributed by atoms with Crippen molar-refractivity contribution in [1.29, 1.82) is 5.26 Å². The second-order valence-electron chi connectivity index (χ2n) is 5.60. The van der Waals surface area contributed by atoms with E-state index in [1.807, 2.05) is 6.07 Å². The molecule has 0 aliphatic rings. The Hall–Kier alpha value is -3.36. The van der Waals surface area contributed by atoms with Gasteiger partial charge in [0, 0.05) is 16.3 Å². The van der Waals surface area contributed by atoms with E-state index in [2.05, 4.69) is 4.98 Å². The summed E-state index contributed by atoms with van der Waals surface area (Å²) in [6.45, 7) is 1.74. The van der Waals surface area contributed by atoms with Crippen LogP contribution >= 0.6 is 11.6 Å². The number of nitrogens with zero attached hydrogens (tertiary/aromatic N) is 1. The van der Waals surface area contributed by atoms with Crippen molar-refractivity contribution >= 4 is 17.6 Å². The van der Waals surface area contributed by atoms with Gasteiger partial charge in [-0.15, -0.1) is 0 Å². The van der Waals surface area contributed by atoms with Crippen molar-refractivity contribution in [2.75, 3.05) is 0 Å². The number of H-pyrrole nitrogens is 1. The van der Waals surface area contributed by atoms with E-state index < -0.39 is 11.5 Å². The number of benzene rings is 2. The van der Waals surface area contributed by atoms with Gasteiger partial charge in [-0.1, -0.05) is 23.7 Å². The van der Waals surface area contributed by atoms with Gasteiger partial charge in [0.2, 0.25) is 0 Å². The quantitative estimate of drug-likeness (QED) is 0.560. The molecule has 0 saturated carbocycles. The Balaban J connectivity index is 1.86. The fourth-order valence-corrected chi connectivity index (χ4v) is 2.61. The zero-order chi connectivity index (χ0) is 18.7. The largest absolute Gasteiger partial charge is 0.423 e. The molecule has 0 aliphatic carbocycles. The van der Waals surface area contributed by atoms with Crippen LogP contribution in [0.4, 0.5) is 0 Å². The summed E-state index contributed by atoms with van der Waals surface area (Å²) in [5.74, 6) is -0.145. The van der Waals surface area contributed by atoms with E-state index in [1.165, 1.54) is 0 Å². The van der Waals surface area contributed by atoms with Gasteiger partial charge in [-0.25, -0.2) is 4.79 Å². The Kier molecular flexibility index (Phi) is 4.87. The van der Waals surface area contributed by atoms with Crippen LogP contribution in [0.5, 0.6) is 5.75 Å². The van der Waals surface area contributed by atoms with Crippen molar-refractivity contribution in [3.05, 3.63) is 86.8 Å². The fourth-order valence-electron chi connectivity index (χ4n) is 2.48. The standard InChI is InChI=1S/C20H13ClN2O3/c1-12-10-17(18(11-22)19(24)23-12)13-4-8-16(9-5-13)26-20(25)14-2-6-15(21)7-3-14/h2-10H,1H3,(H,23,24). The Morgan fingerprint density at radius 1 is 1.12 bits per heavy atom. The number of carbonyl (C=O) groups excluding carboxylic acids is 1. The molecule has 0 atom stereocenters. The molecule has 0 fully saturated rings. The highest BCUT2D eigenvalue weighted by Crippen LogP contribution is 2.25. The first-order valence-corrected chi connectivity index (χ1v) is 8.08. The Bertz CT molecular complexity index is 1060. The number of halogens is 1. The summed E-state index contributed by atoms with van der Waals surface area (Å²) in [6.07, 6.45) is 0. The molecule has 0 aliphatic heterocycles. The van der Waals surface area contributed by atoms with Crippen LogP contribution in [-0.2, 0) is 0 Å². The molecule has 0 unspecified atom stereocenters. The fraction of sp³-hybridized carbons (Fsp3) is 0.0500. The van der Waals surface area contributed by atoms with Crippen molar-refractivity contribution in [3.8, 4) is 22.9 Å². The second kappa shape index (κ2) is 7.26. The molecule has 1 heterocycles. The van der Waals surface area contributed by atoms with Crippen LogP contribution in [0.15, 0.2) is 59.4 Å². The molecule has 3 rings (SSSR count). The van der Waals surface area contributed by atoms with Gasteiger partial charge in [0.1, 0.15) is 17.4 Å². The minimum Gasteiger partial charge on any atom is -0.423 e. The number of aromatic amines is 1. The summed E-state index contributed by atoms with van der Waals surface area (Å²) in [5.41, 5.74) is 1.87. The molecule has 2 aromatic carbocycles. The van der Waals surface area contributed by atoms with Gasteiger partial charge in [-0.2, -0.15) is 5.26 Å². The van der Waals surface area contributed by atoms with Crippen LogP contribution in [0, 0.1) is 18.3 Å². The van der Waals surface area contributed by atoms with Gasteiger partial charge in [-0.05, 0) is 55.0 Å². The van der Waals surface area contributed by atoms with Gasteiger partial charge >= 0.3 is 5.97 Å². The first-order chi connectivity index (χ1) is 12.5. The average molecular weight is 365 g/mol. The highest BCUT2D eigenvalue weighted by atomic mass is 35.5. The van der Waals surface area contributed by atoms with Crippen LogP contribution in [0.1, 0.15) is 21.6 Å². The van der Waals surface area contributed by atoms with Crippen molar-refractivity contribution in [1.82, 2.24) is 4.98 Å². The van der Waals surface area contributed by atoms with Crippen LogP contribution < -0.4 is 10.3 Å². The van der Waals surface area contributed by atoms with Gasteiger partial charge < -0.3 is 9.72 Å². The van der Waals surface area contributed by atoms with E-state index >= 15 is 0 Å². The number of hydrogen-bond donors (Lipinski definition) is 1. The SMILES string of the molecule is Cc1cc(-c2ccc(OC(=O)c3ccc(Cl)cc3)cc2)c(C#N)c(=O)[nH]1. The Labute approximate surface area is 154 Å². The van der Waals surface area contributed by atoms with Crippen molar-refractivity contribution in [3.63, 3.8) is 0 Å². The predicted octanol–water partition coefficient (Wildman–Crippen LogP) is 4.09. The molecule has 0 spiro atoms. The molecule has 6 heteroatoms. The first-order valence-electron chi connectivity index (χ1n) is 7.70. The maximum Gasteiger partial charge on any atom is 0.343 e. The third kappa shape index (κ3) is 3.66. The highest BCUT2D eigenvalue weighted by molar-refractivity contribution is 6.30. The molecule has 26 heavy (non-hydrogen) atoms. The van der Waals surface area contributed by atoms with E-state index in [0.29, 0.717) is 33.2 Å². The summed E-state index contributed by atoms with van der Waals surface area (Å²) >= 11 is 5.80. The maximum absolute atomic E-state index is 12.1. The third-order valence-corrected chi connectivity index (χ3v) is 3.99. The molecule has 0 amide bonds. The Morgan fingerprint density at radius 3 is 2.38 bits per heavy atom. The number of hydrogen-bond acceptors (Lipinski definition) is 4. The van der Waals surface area contributed by atoms with E-state index in [1.54, 1.807) is 61.5 Å². The summed E-state index contributed by atoms with van der Waals surface area (Å²) in [5, 5.41) is 9.76. The molecule has 0 radical (unpaired) electrons. The number of aryl methyl sites for hydroxylation is 1. The van der Waals surface area contributed by atoms with Crippen LogP contribution in [-0.4, -0.2) is 11.0 Å². The Morgan fingerprint density at radius 2 is 1.77 bits per heavy atom. The monoisotopic (exact) mass is 364 g/mol. The van der Waals surface area contributed by atoms with Crippen LogP contribution in [0.25, 0.3) is 11.1 Å². The summed E-state index contributed by atoms with van der Waals surface area (Å²) < 4.78 is 5.32. The van der Waals surface area contributed by atoms with Gasteiger partial charge in [0.25, 0.3) is 5.56 Å². The molecular formula is C20H13ClN2O3. The van der Waals surface area contributed by atoms with Crippen molar-refractivity contribution < 1.29 is 9.53 Å². The average Bonchev–Trinajstić information content (AvgIpc) is 2.62. The molecule has 128 valence electrons. The molecule has 1 aromatic heterocycles. The van der Waals surface area contributed by atoms with E-state index in [9.17, 15) is 14.9 Å². The number of aromatic nitrogens is 1. The summed E-state index contributed by atoms with van der Waals surface area (Å²) in [4.78, 5) is 26.6. The zero-order valence-electron chi connectivity index (χ0n) is 13.7. The number of nitrogens with one attached hydrogen (secondary N) is 1. The minimum atomic E-state index is -0.501. The second-order valence-corrected chi connectivity index (χ2v) is 6.04. The zero-order valence-corrected chi connectivity index (χ0v) is 14.5. The third-order valence-electron chi connectivity index (χ3n) is 3.74. The minimum absolute atomic E-state index is 0.0431. The van der Waals surface area contributed by atoms with Gasteiger partial charge in [0.05, 0.1) is 5.56 Å². The maximum atomic E-state index is 12.1. The van der Waals surface area contributed by atoms with Gasteiger partial charge in [0.15, 0.2) is 0 Å². The van der Waals surface area contributed by atoms with Crippen molar-refractivity contribution in [2.45, 2.75) is 6.92 Å². The van der Waals surface area contributed by atoms with E-state index in [4.69, 9.17) is 16.3 Å². The first kappa shape index (κ1) is 17.5. The molecule has 0 bridgehead atoms. The highest BCUT2D eigenvalue weighted by Gasteiger charge is 2.12. The van der Waals surface area contributed by atoms with Crippen LogP contribution in [0.3, 0.4) is 0 Å². The molecular weight excluding hydrogens is 352 g/mol. The van der Waals surface area contributed by atoms with Crippen molar-refractivity contribution in [2.24, 2.45) is 0 Å².